The van der Waals surface area contributed by atoms with Crippen LogP contribution in [0.15, 0.2) is 48.8 Å². The van der Waals surface area contributed by atoms with Gasteiger partial charge in [-0.05, 0) is 49.9 Å². The van der Waals surface area contributed by atoms with Gasteiger partial charge in [0.1, 0.15) is 6.04 Å². The summed E-state index contributed by atoms with van der Waals surface area (Å²) in [6.07, 6.45) is 1.81. The molecule has 4 atom stereocenters. The van der Waals surface area contributed by atoms with Gasteiger partial charge in [-0.15, -0.1) is 0 Å². The van der Waals surface area contributed by atoms with Crippen LogP contribution in [0.3, 0.4) is 0 Å². The molecular formula is C27H32F4N4O3. The minimum absolute atomic E-state index is 0.0693. The van der Waals surface area contributed by atoms with Gasteiger partial charge in [0.25, 0.3) is 0 Å². The highest BCUT2D eigenvalue weighted by molar-refractivity contribution is 6.04. The fourth-order valence-electron chi connectivity index (χ4n) is 5.06. The Morgan fingerprint density at radius 2 is 1.79 bits per heavy atom. The van der Waals surface area contributed by atoms with E-state index in [2.05, 4.69) is 15.6 Å². The molecule has 1 aliphatic carbocycles. The largest absolute Gasteiger partial charge is 0.426 e. The Morgan fingerprint density at radius 1 is 1.11 bits per heavy atom. The number of hydrogen-bond acceptors (Lipinski definition) is 5. The molecule has 1 aromatic heterocycles. The number of rotatable bonds is 7. The van der Waals surface area contributed by atoms with Gasteiger partial charge in [0.05, 0.1) is 12.1 Å². The van der Waals surface area contributed by atoms with Gasteiger partial charge in [0, 0.05) is 36.2 Å². The van der Waals surface area contributed by atoms with Crippen molar-refractivity contribution in [1.82, 2.24) is 15.6 Å². The van der Waals surface area contributed by atoms with Crippen molar-refractivity contribution in [2.45, 2.75) is 81.5 Å². The van der Waals surface area contributed by atoms with Crippen LogP contribution in [0.1, 0.15) is 62.6 Å². The van der Waals surface area contributed by atoms with Gasteiger partial charge in [-0.25, -0.2) is 4.39 Å². The van der Waals surface area contributed by atoms with Gasteiger partial charge in [-0.3, -0.25) is 19.5 Å². The molecule has 1 aromatic carbocycles. The lowest BCUT2D eigenvalue weighted by molar-refractivity contribution is -0.228. The summed E-state index contributed by atoms with van der Waals surface area (Å²) in [6.45, 7) is 0.617. The third-order valence-corrected chi connectivity index (χ3v) is 7.32. The monoisotopic (exact) mass is 536 g/mol. The predicted molar refractivity (Wildman–Crippen MR) is 133 cm³/mol. The van der Waals surface area contributed by atoms with Crippen molar-refractivity contribution >= 4 is 17.5 Å². The number of β-amino-alcohol motifs (C(OH)–C–C–N with tert-alkyl or cyclic N) is 1. The van der Waals surface area contributed by atoms with Crippen molar-refractivity contribution in [2.75, 3.05) is 11.4 Å². The van der Waals surface area contributed by atoms with Crippen molar-refractivity contribution < 1.29 is 32.3 Å². The van der Waals surface area contributed by atoms with Crippen LogP contribution in [0, 0.1) is 0 Å². The summed E-state index contributed by atoms with van der Waals surface area (Å²) in [4.78, 5) is 32.9. The number of aliphatic hydroxyl groups excluding tert-OH is 1. The molecule has 0 bridgehead atoms. The number of nitrogens with zero attached hydrogens (tertiary/aromatic N) is 2. The first-order chi connectivity index (χ1) is 18.0. The normalized spacial score (nSPS) is 22.9. The summed E-state index contributed by atoms with van der Waals surface area (Å²) in [7, 11) is 0. The topological polar surface area (TPSA) is 94.6 Å². The quantitative estimate of drug-likeness (QED) is 0.464. The average molecular weight is 537 g/mol. The molecule has 2 fully saturated rings. The molecule has 2 heterocycles. The van der Waals surface area contributed by atoms with Gasteiger partial charge >= 0.3 is 6.18 Å². The number of nitrogens with one attached hydrogen (secondary N) is 2. The number of carbonyl (C=O) groups excluding carboxylic acids is 2. The Hall–Kier alpha value is -3.05. The molecule has 3 N–H and O–H groups in total. The molecule has 38 heavy (non-hydrogen) atoms. The Morgan fingerprint density at radius 3 is 2.34 bits per heavy atom. The van der Waals surface area contributed by atoms with E-state index < -0.39 is 47.4 Å². The lowest BCUT2D eigenvalue weighted by atomic mass is 9.94. The van der Waals surface area contributed by atoms with Crippen LogP contribution in [-0.2, 0) is 15.3 Å². The fourth-order valence-corrected chi connectivity index (χ4v) is 5.06. The number of aromatic nitrogens is 1. The third-order valence-electron chi connectivity index (χ3n) is 7.32. The zero-order chi connectivity index (χ0) is 27.5. The van der Waals surface area contributed by atoms with Crippen LogP contribution in [0.5, 0.6) is 0 Å². The highest BCUT2D eigenvalue weighted by Gasteiger charge is 2.53. The van der Waals surface area contributed by atoms with Crippen molar-refractivity contribution in [3.05, 3.63) is 59.9 Å². The zero-order valence-electron chi connectivity index (χ0n) is 21.0. The van der Waals surface area contributed by atoms with E-state index in [1.807, 2.05) is 0 Å². The molecule has 11 heteroatoms. The van der Waals surface area contributed by atoms with Gasteiger partial charge in [-0.1, -0.05) is 37.5 Å². The van der Waals surface area contributed by atoms with E-state index in [-0.39, 0.29) is 24.7 Å². The summed E-state index contributed by atoms with van der Waals surface area (Å²) in [5.74, 6) is -0.993. The first-order valence-corrected chi connectivity index (χ1v) is 12.8. The molecule has 1 saturated heterocycles. The van der Waals surface area contributed by atoms with E-state index in [1.165, 1.54) is 29.4 Å². The first-order valence-electron chi connectivity index (χ1n) is 12.8. The van der Waals surface area contributed by atoms with Crippen molar-refractivity contribution in [3.63, 3.8) is 0 Å². The van der Waals surface area contributed by atoms with E-state index in [0.717, 1.165) is 44.2 Å². The number of anilines is 1. The lowest BCUT2D eigenvalue weighted by Crippen LogP contribution is -2.51. The number of amides is 2. The second kappa shape index (κ2) is 11.4. The number of halogens is 4. The number of hydrogen-bond donors (Lipinski definition) is 3. The van der Waals surface area contributed by atoms with Crippen molar-refractivity contribution in [3.8, 4) is 0 Å². The maximum absolute atomic E-state index is 14.6. The van der Waals surface area contributed by atoms with E-state index in [1.54, 1.807) is 12.1 Å². The van der Waals surface area contributed by atoms with Gasteiger partial charge in [0.2, 0.25) is 17.5 Å². The second-order valence-corrected chi connectivity index (χ2v) is 10.1. The van der Waals surface area contributed by atoms with Crippen LogP contribution < -0.4 is 15.5 Å². The molecule has 2 aliphatic rings. The minimum atomic E-state index is -5.13. The fraction of sp³-hybridized carbons (Fsp3) is 0.519. The molecule has 2 aromatic rings. The molecule has 0 radical (unpaired) electrons. The van der Waals surface area contributed by atoms with Gasteiger partial charge < -0.3 is 15.7 Å². The van der Waals surface area contributed by atoms with Crippen molar-refractivity contribution in [2.24, 2.45) is 0 Å². The zero-order valence-corrected chi connectivity index (χ0v) is 21.0. The van der Waals surface area contributed by atoms with Crippen LogP contribution in [0.2, 0.25) is 0 Å². The number of aliphatic hydroxyl groups is 1. The molecular weight excluding hydrogens is 504 g/mol. The minimum Gasteiger partial charge on any atom is -0.392 e. The predicted octanol–water partition coefficient (Wildman–Crippen LogP) is 4.07. The number of pyridine rings is 1. The van der Waals surface area contributed by atoms with Gasteiger partial charge in [-0.2, -0.15) is 13.2 Å². The molecule has 0 spiro atoms. The SMILES string of the molecule is CC(F)(c1ccc(N(C(=O)[C@H]2C[C@@H](O)CN2)C(C(=O)NC2CCCCC2)c2cccnc2)cc1)C(F)(F)F. The number of carbonyl (C=O) groups is 2. The molecule has 1 aliphatic heterocycles. The molecule has 7 nitrogen and oxygen atoms in total. The van der Waals surface area contributed by atoms with Crippen LogP contribution in [0.4, 0.5) is 23.2 Å². The highest BCUT2D eigenvalue weighted by Crippen LogP contribution is 2.43. The van der Waals surface area contributed by atoms with E-state index in [0.29, 0.717) is 12.5 Å². The third kappa shape index (κ3) is 5.99. The summed E-state index contributed by atoms with van der Waals surface area (Å²) in [6, 6.07) is 5.54. The second-order valence-electron chi connectivity index (χ2n) is 10.1. The standard InChI is InChI=1S/C27H32F4N4O3/c1-26(28,27(29,30)31)18-9-11-20(12-10-18)35(25(38)22-14-21(36)16-33-22)23(17-6-5-13-32-15-17)24(37)34-19-7-3-2-4-8-19/h5-6,9-13,15,19,21-23,33,36H,2-4,7-8,14,16H2,1H3,(H,34,37)/t21-,22-,23?,26?/m1/s1. The maximum atomic E-state index is 14.6. The molecule has 4 rings (SSSR count). The number of alkyl halides is 4. The summed E-state index contributed by atoms with van der Waals surface area (Å²) >= 11 is 0. The summed E-state index contributed by atoms with van der Waals surface area (Å²) in [5.41, 5.74) is -3.70. The Labute approximate surface area is 218 Å². The average Bonchev–Trinajstić information content (AvgIpc) is 3.33. The maximum Gasteiger partial charge on any atom is 0.426 e. The van der Waals surface area contributed by atoms with E-state index in [9.17, 15) is 32.3 Å². The summed E-state index contributed by atoms with van der Waals surface area (Å²) in [5, 5.41) is 16.0. The Balaban J connectivity index is 1.75. The molecule has 2 amide bonds. The van der Waals surface area contributed by atoms with Gasteiger partial charge in [0.15, 0.2) is 0 Å². The lowest BCUT2D eigenvalue weighted by Gasteiger charge is -2.35. The van der Waals surface area contributed by atoms with Crippen LogP contribution >= 0.6 is 0 Å². The highest BCUT2D eigenvalue weighted by atomic mass is 19.4. The molecule has 1 saturated carbocycles. The number of benzene rings is 1. The Bertz CT molecular complexity index is 1110. The first kappa shape index (κ1) is 28.0. The molecule has 2 unspecified atom stereocenters. The van der Waals surface area contributed by atoms with Crippen LogP contribution in [-0.4, -0.2) is 52.8 Å². The van der Waals surface area contributed by atoms with E-state index in [4.69, 9.17) is 0 Å². The summed E-state index contributed by atoms with van der Waals surface area (Å²) < 4.78 is 54.5. The van der Waals surface area contributed by atoms with Crippen LogP contribution in [0.25, 0.3) is 0 Å². The molecule has 206 valence electrons. The Kier molecular flexibility index (Phi) is 8.37. The van der Waals surface area contributed by atoms with Crippen molar-refractivity contribution in [1.29, 1.82) is 0 Å². The van der Waals surface area contributed by atoms with E-state index >= 15 is 0 Å². The smallest absolute Gasteiger partial charge is 0.392 e.